The lowest BCUT2D eigenvalue weighted by Gasteiger charge is -2.00. The lowest BCUT2D eigenvalue weighted by atomic mass is 10.1. The fourth-order valence-electron chi connectivity index (χ4n) is 2.14. The summed E-state index contributed by atoms with van der Waals surface area (Å²) in [5, 5.41) is 4.77. The average molecular weight is 297 g/mol. The van der Waals surface area contributed by atoms with Gasteiger partial charge in [-0.1, -0.05) is 36.4 Å². The zero-order chi connectivity index (χ0) is 14.7. The van der Waals surface area contributed by atoms with E-state index in [1.54, 1.807) is 11.3 Å². The molecule has 1 aromatic carbocycles. The van der Waals surface area contributed by atoms with Gasteiger partial charge in [0.2, 0.25) is 5.91 Å². The van der Waals surface area contributed by atoms with Crippen LogP contribution in [0.2, 0.25) is 0 Å². The zero-order valence-electron chi connectivity index (χ0n) is 11.6. The van der Waals surface area contributed by atoms with Crippen molar-refractivity contribution in [2.45, 2.75) is 6.92 Å². The molecular formula is C16H15N3OS. The average Bonchev–Trinajstić information content (AvgIpc) is 3.06. The Bertz CT molecular complexity index is 786. The van der Waals surface area contributed by atoms with Crippen LogP contribution in [-0.2, 0) is 4.79 Å². The van der Waals surface area contributed by atoms with E-state index >= 15 is 0 Å². The van der Waals surface area contributed by atoms with Crippen molar-refractivity contribution in [3.05, 3.63) is 53.7 Å². The molecule has 106 valence electrons. The van der Waals surface area contributed by atoms with Crippen molar-refractivity contribution in [1.29, 1.82) is 0 Å². The molecule has 0 bridgehead atoms. The molecule has 0 unspecified atom stereocenters. The van der Waals surface area contributed by atoms with Crippen LogP contribution in [0.1, 0.15) is 12.6 Å². The number of imidazole rings is 1. The summed E-state index contributed by atoms with van der Waals surface area (Å²) >= 11 is 1.61. The van der Waals surface area contributed by atoms with Gasteiger partial charge in [-0.25, -0.2) is 4.98 Å². The van der Waals surface area contributed by atoms with Crippen LogP contribution in [0, 0.1) is 0 Å². The number of thiazole rings is 1. The highest BCUT2D eigenvalue weighted by Crippen LogP contribution is 2.27. The number of amides is 1. The van der Waals surface area contributed by atoms with E-state index in [1.807, 2.05) is 41.9 Å². The molecule has 3 aromatic rings. The SMILES string of the molecule is CC(=O)NCC=Cc1c(-c2ccccc2)nc2sccn12. The van der Waals surface area contributed by atoms with Crippen molar-refractivity contribution in [3.63, 3.8) is 0 Å². The van der Waals surface area contributed by atoms with Crippen molar-refractivity contribution in [3.8, 4) is 11.3 Å². The molecule has 0 aliphatic heterocycles. The number of carbonyl (C=O) groups is 1. The Morgan fingerprint density at radius 1 is 1.38 bits per heavy atom. The van der Waals surface area contributed by atoms with Crippen molar-refractivity contribution < 1.29 is 4.79 Å². The number of hydrogen-bond acceptors (Lipinski definition) is 3. The Morgan fingerprint density at radius 3 is 2.95 bits per heavy atom. The first-order valence-corrected chi connectivity index (χ1v) is 7.55. The molecular weight excluding hydrogens is 282 g/mol. The number of benzene rings is 1. The van der Waals surface area contributed by atoms with Gasteiger partial charge in [-0.3, -0.25) is 9.20 Å². The molecule has 0 saturated carbocycles. The Balaban J connectivity index is 1.98. The van der Waals surface area contributed by atoms with E-state index in [-0.39, 0.29) is 5.91 Å². The van der Waals surface area contributed by atoms with Crippen LogP contribution < -0.4 is 5.32 Å². The van der Waals surface area contributed by atoms with Crippen molar-refractivity contribution in [2.75, 3.05) is 6.54 Å². The summed E-state index contributed by atoms with van der Waals surface area (Å²) < 4.78 is 2.07. The molecule has 0 fully saturated rings. The number of nitrogens with zero attached hydrogens (tertiary/aromatic N) is 2. The van der Waals surface area contributed by atoms with Gasteiger partial charge in [-0.05, 0) is 6.08 Å². The van der Waals surface area contributed by atoms with Crippen molar-refractivity contribution in [1.82, 2.24) is 14.7 Å². The number of rotatable bonds is 4. The van der Waals surface area contributed by atoms with Crippen LogP contribution in [-0.4, -0.2) is 21.8 Å². The molecule has 2 heterocycles. The Kier molecular flexibility index (Phi) is 3.83. The molecule has 3 rings (SSSR count). The van der Waals surface area contributed by atoms with Gasteiger partial charge in [0.1, 0.15) is 0 Å². The highest BCUT2D eigenvalue weighted by molar-refractivity contribution is 7.15. The van der Waals surface area contributed by atoms with Gasteiger partial charge in [0, 0.05) is 30.6 Å². The number of carbonyl (C=O) groups excluding carboxylic acids is 1. The molecule has 0 radical (unpaired) electrons. The van der Waals surface area contributed by atoms with Crippen LogP contribution in [0.5, 0.6) is 0 Å². The van der Waals surface area contributed by atoms with Crippen LogP contribution in [0.4, 0.5) is 0 Å². The van der Waals surface area contributed by atoms with Gasteiger partial charge in [0.25, 0.3) is 0 Å². The van der Waals surface area contributed by atoms with E-state index < -0.39 is 0 Å². The maximum Gasteiger partial charge on any atom is 0.217 e. The van der Waals surface area contributed by atoms with Crippen LogP contribution in [0.25, 0.3) is 22.3 Å². The maximum absolute atomic E-state index is 10.9. The third kappa shape index (κ3) is 2.87. The molecule has 0 saturated heterocycles. The molecule has 0 atom stereocenters. The summed E-state index contributed by atoms with van der Waals surface area (Å²) in [7, 11) is 0. The first-order chi connectivity index (χ1) is 10.3. The fourth-order valence-corrected chi connectivity index (χ4v) is 2.87. The lowest BCUT2D eigenvalue weighted by molar-refractivity contribution is -0.118. The molecule has 2 aromatic heterocycles. The molecule has 4 nitrogen and oxygen atoms in total. The smallest absolute Gasteiger partial charge is 0.217 e. The van der Waals surface area contributed by atoms with Gasteiger partial charge in [0.15, 0.2) is 4.96 Å². The monoisotopic (exact) mass is 297 g/mol. The number of fused-ring (bicyclic) bond motifs is 1. The highest BCUT2D eigenvalue weighted by atomic mass is 32.1. The summed E-state index contributed by atoms with van der Waals surface area (Å²) in [5.74, 6) is -0.0307. The molecule has 1 N–H and O–H groups in total. The summed E-state index contributed by atoms with van der Waals surface area (Å²) in [5.41, 5.74) is 3.08. The van der Waals surface area contributed by atoms with Crippen molar-refractivity contribution >= 4 is 28.3 Å². The molecule has 0 aliphatic carbocycles. The Morgan fingerprint density at radius 2 is 2.19 bits per heavy atom. The second kappa shape index (κ2) is 5.93. The second-order valence-corrected chi connectivity index (χ2v) is 5.48. The highest BCUT2D eigenvalue weighted by Gasteiger charge is 2.12. The van der Waals surface area contributed by atoms with Crippen LogP contribution in [0.3, 0.4) is 0 Å². The topological polar surface area (TPSA) is 46.4 Å². The Labute approximate surface area is 126 Å². The normalized spacial score (nSPS) is 11.3. The first kappa shape index (κ1) is 13.6. The van der Waals surface area contributed by atoms with Gasteiger partial charge in [-0.15, -0.1) is 11.3 Å². The predicted molar refractivity (Wildman–Crippen MR) is 86.2 cm³/mol. The minimum atomic E-state index is -0.0307. The van der Waals surface area contributed by atoms with Crippen LogP contribution >= 0.6 is 11.3 Å². The Hall–Kier alpha value is -2.40. The number of nitrogens with one attached hydrogen (secondary N) is 1. The first-order valence-electron chi connectivity index (χ1n) is 6.67. The molecule has 0 spiro atoms. The summed E-state index contributed by atoms with van der Waals surface area (Å²) in [6.07, 6.45) is 5.96. The standard InChI is InChI=1S/C16H15N3OS/c1-12(20)17-9-5-8-14-15(13-6-3-2-4-7-13)18-16-19(14)10-11-21-16/h2-8,10-11H,9H2,1H3,(H,17,20). The third-order valence-electron chi connectivity index (χ3n) is 3.09. The summed E-state index contributed by atoms with van der Waals surface area (Å²) in [6, 6.07) is 10.1. The van der Waals surface area contributed by atoms with E-state index in [0.717, 1.165) is 21.9 Å². The maximum atomic E-state index is 10.9. The van der Waals surface area contributed by atoms with Gasteiger partial charge >= 0.3 is 0 Å². The molecule has 1 amide bonds. The summed E-state index contributed by atoms with van der Waals surface area (Å²) in [6.45, 7) is 2.03. The van der Waals surface area contributed by atoms with Crippen molar-refractivity contribution in [2.24, 2.45) is 0 Å². The van der Waals surface area contributed by atoms with Gasteiger partial charge in [-0.2, -0.15) is 0 Å². The minimum Gasteiger partial charge on any atom is -0.353 e. The van der Waals surface area contributed by atoms with E-state index in [4.69, 9.17) is 4.98 Å². The molecule has 5 heteroatoms. The van der Waals surface area contributed by atoms with E-state index in [1.165, 1.54) is 6.92 Å². The number of hydrogen-bond donors (Lipinski definition) is 1. The van der Waals surface area contributed by atoms with Gasteiger partial charge in [0.05, 0.1) is 11.4 Å². The van der Waals surface area contributed by atoms with Crippen LogP contribution in [0.15, 0.2) is 48.0 Å². The van der Waals surface area contributed by atoms with E-state index in [2.05, 4.69) is 21.9 Å². The molecule has 21 heavy (non-hydrogen) atoms. The van der Waals surface area contributed by atoms with E-state index in [0.29, 0.717) is 6.54 Å². The quantitative estimate of drug-likeness (QED) is 0.803. The fraction of sp³-hybridized carbons (Fsp3) is 0.125. The second-order valence-electron chi connectivity index (χ2n) is 4.61. The predicted octanol–water partition coefficient (Wildman–Crippen LogP) is 3.21. The van der Waals surface area contributed by atoms with Gasteiger partial charge < -0.3 is 5.32 Å². The zero-order valence-corrected chi connectivity index (χ0v) is 12.4. The third-order valence-corrected chi connectivity index (χ3v) is 3.85. The molecule has 0 aliphatic rings. The largest absolute Gasteiger partial charge is 0.353 e. The lowest BCUT2D eigenvalue weighted by Crippen LogP contribution is -2.19. The van der Waals surface area contributed by atoms with E-state index in [9.17, 15) is 4.79 Å². The minimum absolute atomic E-state index is 0.0307. The number of aromatic nitrogens is 2. The summed E-state index contributed by atoms with van der Waals surface area (Å²) in [4.78, 5) is 16.6.